The Kier molecular flexibility index (Phi) is 5.99. The summed E-state index contributed by atoms with van der Waals surface area (Å²) >= 11 is 0. The van der Waals surface area contributed by atoms with E-state index in [1.54, 1.807) is 18.2 Å². The van der Waals surface area contributed by atoms with Crippen molar-refractivity contribution in [1.82, 2.24) is 24.6 Å². The summed E-state index contributed by atoms with van der Waals surface area (Å²) in [6.07, 6.45) is 7.62. The maximum Gasteiger partial charge on any atom is 0.259 e. The van der Waals surface area contributed by atoms with Crippen molar-refractivity contribution in [3.63, 3.8) is 0 Å². The van der Waals surface area contributed by atoms with Crippen molar-refractivity contribution in [2.45, 2.75) is 64.5 Å². The topological polar surface area (TPSA) is 93.0 Å². The molecule has 4 heterocycles. The van der Waals surface area contributed by atoms with Crippen LogP contribution in [0.2, 0.25) is 0 Å². The summed E-state index contributed by atoms with van der Waals surface area (Å²) in [6.45, 7) is 1.84. The van der Waals surface area contributed by atoms with Crippen LogP contribution in [0, 0.1) is 11.7 Å². The molecule has 3 aromatic rings. The molecule has 2 amide bonds. The van der Waals surface area contributed by atoms with Crippen LogP contribution in [0.15, 0.2) is 30.3 Å². The molecule has 1 aliphatic carbocycles. The van der Waals surface area contributed by atoms with E-state index in [1.807, 2.05) is 11.0 Å². The SMILES string of the molecule is O=C(Nc1cccc(-c2nnc3n2CCCC3)n1)c1cc2c(cc1F)CCN(C(=O)CCC1CC1)C2. The number of carbonyl (C=O) groups is 2. The Morgan fingerprint density at radius 2 is 1.94 bits per heavy atom. The summed E-state index contributed by atoms with van der Waals surface area (Å²) in [6, 6.07) is 8.31. The third-order valence-corrected chi connectivity index (χ3v) is 7.44. The van der Waals surface area contributed by atoms with Gasteiger partial charge in [-0.05, 0) is 67.0 Å². The predicted molar refractivity (Wildman–Crippen MR) is 132 cm³/mol. The van der Waals surface area contributed by atoms with Gasteiger partial charge in [0.25, 0.3) is 5.91 Å². The van der Waals surface area contributed by atoms with Gasteiger partial charge in [0.1, 0.15) is 23.2 Å². The molecule has 2 aromatic heterocycles. The van der Waals surface area contributed by atoms with Crippen LogP contribution in [-0.4, -0.2) is 43.0 Å². The monoisotopic (exact) mass is 488 g/mol. The summed E-state index contributed by atoms with van der Waals surface area (Å²) < 4.78 is 17.0. The van der Waals surface area contributed by atoms with Crippen LogP contribution in [-0.2, 0) is 30.7 Å². The second kappa shape index (κ2) is 9.44. The summed E-state index contributed by atoms with van der Waals surface area (Å²) in [5.74, 6) is 1.65. The average Bonchev–Trinajstić information content (AvgIpc) is 3.63. The highest BCUT2D eigenvalue weighted by atomic mass is 19.1. The molecular weight excluding hydrogens is 459 g/mol. The van der Waals surface area contributed by atoms with Crippen LogP contribution in [0.5, 0.6) is 0 Å². The zero-order valence-electron chi connectivity index (χ0n) is 20.2. The molecule has 8 nitrogen and oxygen atoms in total. The number of hydrogen-bond donors (Lipinski definition) is 1. The maximum absolute atomic E-state index is 14.9. The fourth-order valence-electron chi connectivity index (χ4n) is 5.17. The first-order chi connectivity index (χ1) is 17.5. The highest BCUT2D eigenvalue weighted by molar-refractivity contribution is 6.04. The Balaban J connectivity index is 1.18. The quantitative estimate of drug-likeness (QED) is 0.563. The summed E-state index contributed by atoms with van der Waals surface area (Å²) in [7, 11) is 0. The van der Waals surface area contributed by atoms with E-state index in [0.29, 0.717) is 49.2 Å². The van der Waals surface area contributed by atoms with Gasteiger partial charge >= 0.3 is 0 Å². The molecule has 3 aliphatic rings. The van der Waals surface area contributed by atoms with Crippen molar-refractivity contribution in [1.29, 1.82) is 0 Å². The van der Waals surface area contributed by atoms with E-state index in [9.17, 15) is 14.0 Å². The fraction of sp³-hybridized carbons (Fsp3) is 0.444. The van der Waals surface area contributed by atoms with Crippen molar-refractivity contribution < 1.29 is 14.0 Å². The minimum atomic E-state index is -0.569. The van der Waals surface area contributed by atoms with E-state index in [1.165, 1.54) is 18.9 Å². The Morgan fingerprint density at radius 3 is 2.81 bits per heavy atom. The van der Waals surface area contributed by atoms with Crippen LogP contribution in [0.4, 0.5) is 10.2 Å². The smallest absolute Gasteiger partial charge is 0.259 e. The highest BCUT2D eigenvalue weighted by Gasteiger charge is 2.27. The molecule has 36 heavy (non-hydrogen) atoms. The lowest BCUT2D eigenvalue weighted by atomic mass is 9.96. The van der Waals surface area contributed by atoms with E-state index in [0.717, 1.165) is 49.2 Å². The zero-order valence-corrected chi connectivity index (χ0v) is 20.2. The number of nitrogens with one attached hydrogen (secondary N) is 1. The first-order valence-electron chi connectivity index (χ1n) is 12.8. The summed E-state index contributed by atoms with van der Waals surface area (Å²) in [5.41, 5.74) is 2.24. The van der Waals surface area contributed by atoms with Gasteiger partial charge in [0.05, 0.1) is 5.56 Å². The molecule has 0 atom stereocenters. The van der Waals surface area contributed by atoms with E-state index in [-0.39, 0.29) is 11.5 Å². The fourth-order valence-corrected chi connectivity index (χ4v) is 5.17. The normalized spacial score (nSPS) is 16.9. The number of anilines is 1. The molecule has 0 spiro atoms. The van der Waals surface area contributed by atoms with Gasteiger partial charge in [0.15, 0.2) is 5.82 Å². The Hall–Kier alpha value is -3.62. The third-order valence-electron chi connectivity index (χ3n) is 7.44. The molecule has 1 N–H and O–H groups in total. The van der Waals surface area contributed by atoms with Crippen molar-refractivity contribution in [2.24, 2.45) is 5.92 Å². The second-order valence-electron chi connectivity index (χ2n) is 10.1. The van der Waals surface area contributed by atoms with Gasteiger partial charge in [-0.2, -0.15) is 0 Å². The zero-order chi connectivity index (χ0) is 24.6. The molecule has 0 unspecified atom stereocenters. The van der Waals surface area contributed by atoms with Gasteiger partial charge in [0, 0.05) is 32.5 Å². The van der Waals surface area contributed by atoms with Gasteiger partial charge in [0.2, 0.25) is 5.91 Å². The van der Waals surface area contributed by atoms with Crippen molar-refractivity contribution in [3.05, 3.63) is 58.7 Å². The van der Waals surface area contributed by atoms with Crippen LogP contribution in [0.3, 0.4) is 0 Å². The summed E-state index contributed by atoms with van der Waals surface area (Å²) in [5, 5.41) is 11.3. The number of pyridine rings is 1. The minimum absolute atomic E-state index is 0.0481. The molecule has 1 aromatic carbocycles. The predicted octanol–water partition coefficient (Wildman–Crippen LogP) is 4.14. The van der Waals surface area contributed by atoms with Gasteiger partial charge in [-0.15, -0.1) is 10.2 Å². The standard InChI is InChI=1S/C27H29FN6O2/c28-21-15-18-11-13-33(25(35)10-9-17-7-8-17)16-19(18)14-20(21)27(36)30-23-5-3-4-22(29-23)26-32-31-24-6-1-2-12-34(24)26/h3-5,14-15,17H,1-2,6-13,16H2,(H,29,30,36). The number of hydrogen-bond acceptors (Lipinski definition) is 5. The number of carbonyl (C=O) groups excluding carboxylic acids is 2. The molecule has 0 saturated heterocycles. The van der Waals surface area contributed by atoms with Gasteiger partial charge < -0.3 is 14.8 Å². The lowest BCUT2D eigenvalue weighted by molar-refractivity contribution is -0.132. The molecule has 6 rings (SSSR count). The number of benzene rings is 1. The van der Waals surface area contributed by atoms with Crippen molar-refractivity contribution in [3.8, 4) is 11.5 Å². The number of nitrogens with zero attached hydrogens (tertiary/aromatic N) is 5. The Morgan fingerprint density at radius 1 is 1.06 bits per heavy atom. The molecular formula is C27H29FN6O2. The van der Waals surface area contributed by atoms with Gasteiger partial charge in [-0.25, -0.2) is 9.37 Å². The maximum atomic E-state index is 14.9. The Bertz CT molecular complexity index is 1330. The van der Waals surface area contributed by atoms with Crippen molar-refractivity contribution in [2.75, 3.05) is 11.9 Å². The molecule has 186 valence electrons. The Labute approximate surface area is 208 Å². The molecule has 1 fully saturated rings. The lowest BCUT2D eigenvalue weighted by Gasteiger charge is -2.29. The lowest BCUT2D eigenvalue weighted by Crippen LogP contribution is -2.36. The largest absolute Gasteiger partial charge is 0.338 e. The molecule has 2 aliphatic heterocycles. The number of halogens is 1. The first kappa shape index (κ1) is 22.8. The van der Waals surface area contributed by atoms with E-state index < -0.39 is 11.7 Å². The highest BCUT2D eigenvalue weighted by Crippen LogP contribution is 2.34. The molecule has 9 heteroatoms. The van der Waals surface area contributed by atoms with E-state index in [4.69, 9.17) is 0 Å². The van der Waals surface area contributed by atoms with Crippen LogP contribution >= 0.6 is 0 Å². The second-order valence-corrected chi connectivity index (χ2v) is 10.1. The summed E-state index contributed by atoms with van der Waals surface area (Å²) in [4.78, 5) is 32.1. The molecule has 1 saturated carbocycles. The number of aryl methyl sites for hydroxylation is 1. The number of amides is 2. The van der Waals surface area contributed by atoms with Crippen LogP contribution in [0.1, 0.15) is 65.8 Å². The van der Waals surface area contributed by atoms with Gasteiger partial charge in [-0.3, -0.25) is 9.59 Å². The van der Waals surface area contributed by atoms with Crippen LogP contribution in [0.25, 0.3) is 11.5 Å². The van der Waals surface area contributed by atoms with E-state index >= 15 is 0 Å². The molecule has 0 bridgehead atoms. The average molecular weight is 489 g/mol. The first-order valence-corrected chi connectivity index (χ1v) is 12.8. The van der Waals surface area contributed by atoms with Crippen molar-refractivity contribution >= 4 is 17.6 Å². The minimum Gasteiger partial charge on any atom is -0.338 e. The van der Waals surface area contributed by atoms with Crippen LogP contribution < -0.4 is 5.32 Å². The third kappa shape index (κ3) is 4.62. The van der Waals surface area contributed by atoms with E-state index in [2.05, 4.69) is 25.1 Å². The number of rotatable bonds is 6. The number of fused-ring (bicyclic) bond motifs is 2. The number of aromatic nitrogens is 4. The molecule has 0 radical (unpaired) electrons. The van der Waals surface area contributed by atoms with Gasteiger partial charge in [-0.1, -0.05) is 18.9 Å².